The zero-order valence-electron chi connectivity index (χ0n) is 13.3. The molecule has 0 aliphatic carbocycles. The summed E-state index contributed by atoms with van der Waals surface area (Å²) in [5.74, 6) is -0.695. The van der Waals surface area contributed by atoms with Crippen LogP contribution in [-0.2, 0) is 19.1 Å². The molecule has 126 valence electrons. The van der Waals surface area contributed by atoms with Crippen molar-refractivity contribution in [3.05, 3.63) is 29.8 Å². The molecule has 2 rings (SSSR count). The molecule has 7 heteroatoms. The third-order valence-corrected chi connectivity index (χ3v) is 3.77. The van der Waals surface area contributed by atoms with E-state index in [0.29, 0.717) is 13.2 Å². The van der Waals surface area contributed by atoms with Crippen molar-refractivity contribution in [1.82, 2.24) is 5.32 Å². The van der Waals surface area contributed by atoms with E-state index in [0.717, 1.165) is 24.3 Å². The number of amides is 1. The first-order chi connectivity index (χ1) is 11.1. The van der Waals surface area contributed by atoms with Crippen LogP contribution in [0.4, 0.5) is 5.69 Å². The highest BCUT2D eigenvalue weighted by atomic mass is 16.5. The lowest BCUT2D eigenvalue weighted by atomic mass is 10.0. The van der Waals surface area contributed by atoms with Crippen molar-refractivity contribution < 1.29 is 19.1 Å². The van der Waals surface area contributed by atoms with Crippen molar-refractivity contribution in [2.75, 3.05) is 44.9 Å². The van der Waals surface area contributed by atoms with Crippen LogP contribution in [0, 0.1) is 0 Å². The number of benzene rings is 1. The smallest absolute Gasteiger partial charge is 0.307 e. The number of morpholine rings is 1. The Hall–Kier alpha value is -2.12. The summed E-state index contributed by atoms with van der Waals surface area (Å²) >= 11 is 0. The summed E-state index contributed by atoms with van der Waals surface area (Å²) < 4.78 is 10.1. The van der Waals surface area contributed by atoms with Crippen LogP contribution in [0.2, 0.25) is 0 Å². The van der Waals surface area contributed by atoms with E-state index in [9.17, 15) is 9.59 Å². The highest BCUT2D eigenvalue weighted by molar-refractivity contribution is 5.79. The number of methoxy groups -OCH3 is 1. The topological polar surface area (TPSA) is 93.9 Å². The minimum atomic E-state index is -0.459. The van der Waals surface area contributed by atoms with E-state index < -0.39 is 6.04 Å². The monoisotopic (exact) mass is 321 g/mol. The molecule has 1 aliphatic heterocycles. The van der Waals surface area contributed by atoms with Gasteiger partial charge in [-0.15, -0.1) is 0 Å². The first-order valence-electron chi connectivity index (χ1n) is 7.63. The van der Waals surface area contributed by atoms with Crippen LogP contribution in [0.1, 0.15) is 18.0 Å². The van der Waals surface area contributed by atoms with Crippen LogP contribution in [-0.4, -0.2) is 51.8 Å². The summed E-state index contributed by atoms with van der Waals surface area (Å²) in [7, 11) is 1.33. The van der Waals surface area contributed by atoms with Gasteiger partial charge in [0.15, 0.2) is 0 Å². The molecule has 0 spiro atoms. The molecule has 23 heavy (non-hydrogen) atoms. The summed E-state index contributed by atoms with van der Waals surface area (Å²) in [6.07, 6.45) is 0.0643. The lowest BCUT2D eigenvalue weighted by molar-refractivity contribution is -0.141. The molecule has 1 aromatic carbocycles. The van der Waals surface area contributed by atoms with E-state index in [4.69, 9.17) is 15.2 Å². The van der Waals surface area contributed by atoms with Crippen LogP contribution in [0.3, 0.4) is 0 Å². The first-order valence-corrected chi connectivity index (χ1v) is 7.63. The number of carbonyl (C=O) groups is 2. The van der Waals surface area contributed by atoms with Gasteiger partial charge >= 0.3 is 5.97 Å². The van der Waals surface area contributed by atoms with Gasteiger partial charge in [-0.3, -0.25) is 9.59 Å². The van der Waals surface area contributed by atoms with Gasteiger partial charge in [0.1, 0.15) is 0 Å². The number of anilines is 1. The predicted octanol–water partition coefficient (Wildman–Crippen LogP) is 0.202. The number of ether oxygens (including phenoxy) is 2. The average Bonchev–Trinajstić information content (AvgIpc) is 2.61. The number of carbonyl (C=O) groups excluding carboxylic acids is 2. The predicted molar refractivity (Wildman–Crippen MR) is 86.0 cm³/mol. The van der Waals surface area contributed by atoms with Gasteiger partial charge in [0.2, 0.25) is 5.91 Å². The summed E-state index contributed by atoms with van der Waals surface area (Å²) in [5, 5.41) is 2.77. The van der Waals surface area contributed by atoms with Gasteiger partial charge in [-0.25, -0.2) is 0 Å². The Morgan fingerprint density at radius 2 is 2.13 bits per heavy atom. The van der Waals surface area contributed by atoms with Crippen molar-refractivity contribution in [1.29, 1.82) is 0 Å². The van der Waals surface area contributed by atoms with Gasteiger partial charge in [0, 0.05) is 18.8 Å². The van der Waals surface area contributed by atoms with E-state index in [2.05, 4.69) is 10.2 Å². The van der Waals surface area contributed by atoms with Crippen molar-refractivity contribution in [3.8, 4) is 0 Å². The van der Waals surface area contributed by atoms with E-state index in [1.807, 2.05) is 24.3 Å². The number of nitrogens with two attached hydrogens (primary N) is 1. The Labute approximate surface area is 135 Å². The quantitative estimate of drug-likeness (QED) is 0.727. The van der Waals surface area contributed by atoms with Crippen LogP contribution in [0.25, 0.3) is 0 Å². The van der Waals surface area contributed by atoms with Gasteiger partial charge in [-0.1, -0.05) is 12.1 Å². The van der Waals surface area contributed by atoms with Crippen molar-refractivity contribution in [2.45, 2.75) is 12.5 Å². The SMILES string of the molecule is COC(=O)C[C@H](NC(=O)CN)c1cccc(N2CCOCC2)c1. The molecule has 7 nitrogen and oxygen atoms in total. The van der Waals surface area contributed by atoms with E-state index in [1.165, 1.54) is 7.11 Å². The van der Waals surface area contributed by atoms with Crippen LogP contribution < -0.4 is 16.0 Å². The Balaban J connectivity index is 2.19. The van der Waals surface area contributed by atoms with Gasteiger partial charge in [-0.2, -0.15) is 0 Å². The molecule has 1 aromatic rings. The van der Waals surface area contributed by atoms with E-state index >= 15 is 0 Å². The number of rotatable bonds is 6. The molecule has 1 atom stereocenters. The molecule has 1 saturated heterocycles. The molecule has 0 bridgehead atoms. The van der Waals surface area contributed by atoms with Crippen molar-refractivity contribution in [2.24, 2.45) is 5.73 Å². The fourth-order valence-electron chi connectivity index (χ4n) is 2.52. The standard InChI is InChI=1S/C16H23N3O4/c1-22-16(21)10-14(18-15(20)11-17)12-3-2-4-13(9-12)19-5-7-23-8-6-19/h2-4,9,14H,5-8,10-11,17H2,1H3,(H,18,20)/t14-/m0/s1. The largest absolute Gasteiger partial charge is 0.469 e. The highest BCUT2D eigenvalue weighted by Gasteiger charge is 2.20. The zero-order valence-corrected chi connectivity index (χ0v) is 13.3. The summed E-state index contributed by atoms with van der Waals surface area (Å²) in [4.78, 5) is 25.5. The normalized spacial score (nSPS) is 15.8. The van der Waals surface area contributed by atoms with Gasteiger partial charge in [0.05, 0.1) is 39.3 Å². The van der Waals surface area contributed by atoms with Gasteiger partial charge in [0.25, 0.3) is 0 Å². The number of nitrogens with one attached hydrogen (secondary N) is 1. The average molecular weight is 321 g/mol. The second-order valence-electron chi connectivity index (χ2n) is 5.30. The Kier molecular flexibility index (Phi) is 6.37. The maximum atomic E-state index is 11.6. The number of hydrogen-bond acceptors (Lipinski definition) is 6. The molecule has 0 radical (unpaired) electrons. The first kappa shape index (κ1) is 17.2. The molecule has 1 aliphatic rings. The maximum absolute atomic E-state index is 11.6. The van der Waals surface area contributed by atoms with Crippen LogP contribution in [0.15, 0.2) is 24.3 Å². The van der Waals surface area contributed by atoms with Gasteiger partial charge < -0.3 is 25.4 Å². The second kappa shape index (κ2) is 8.50. The lowest BCUT2D eigenvalue weighted by Gasteiger charge is -2.29. The Morgan fingerprint density at radius 1 is 1.39 bits per heavy atom. The molecule has 1 heterocycles. The molecular formula is C16H23N3O4. The van der Waals surface area contributed by atoms with Crippen molar-refractivity contribution in [3.63, 3.8) is 0 Å². The maximum Gasteiger partial charge on any atom is 0.307 e. The number of nitrogens with zero attached hydrogens (tertiary/aromatic N) is 1. The molecule has 1 fully saturated rings. The highest BCUT2D eigenvalue weighted by Crippen LogP contribution is 2.24. The number of hydrogen-bond donors (Lipinski definition) is 2. The van der Waals surface area contributed by atoms with Crippen LogP contribution in [0.5, 0.6) is 0 Å². The lowest BCUT2D eigenvalue weighted by Crippen LogP contribution is -2.37. The zero-order chi connectivity index (χ0) is 16.7. The molecule has 1 amide bonds. The van der Waals surface area contributed by atoms with Crippen molar-refractivity contribution >= 4 is 17.6 Å². The molecular weight excluding hydrogens is 298 g/mol. The third kappa shape index (κ3) is 4.94. The molecule has 3 N–H and O–H groups in total. The summed E-state index contributed by atoms with van der Waals surface area (Å²) in [6.45, 7) is 2.90. The number of esters is 1. The minimum absolute atomic E-state index is 0.0643. The van der Waals surface area contributed by atoms with Gasteiger partial charge in [-0.05, 0) is 17.7 Å². The van der Waals surface area contributed by atoms with Crippen LogP contribution >= 0.6 is 0 Å². The summed E-state index contributed by atoms with van der Waals surface area (Å²) in [5.41, 5.74) is 7.25. The molecule has 0 aromatic heterocycles. The van der Waals surface area contributed by atoms with E-state index in [1.54, 1.807) is 0 Å². The minimum Gasteiger partial charge on any atom is -0.469 e. The third-order valence-electron chi connectivity index (χ3n) is 3.77. The fraction of sp³-hybridized carbons (Fsp3) is 0.500. The fourth-order valence-corrected chi connectivity index (χ4v) is 2.52. The summed E-state index contributed by atoms with van der Waals surface area (Å²) in [6, 6.07) is 7.33. The molecule has 0 unspecified atom stereocenters. The Bertz CT molecular complexity index is 526. The van der Waals surface area contributed by atoms with E-state index in [-0.39, 0.29) is 24.8 Å². The molecule has 0 saturated carbocycles. The Morgan fingerprint density at radius 3 is 2.78 bits per heavy atom. The second-order valence-corrected chi connectivity index (χ2v) is 5.30.